The molecule has 0 unspecified atom stereocenters. The van der Waals surface area contributed by atoms with Crippen molar-refractivity contribution in [1.29, 1.82) is 0 Å². The highest BCUT2D eigenvalue weighted by Crippen LogP contribution is 2.30. The molecule has 0 amide bonds. The normalized spacial score (nSPS) is 22.2. The maximum atomic E-state index is 4.51. The number of pyridine rings is 1. The van der Waals surface area contributed by atoms with Crippen molar-refractivity contribution in [2.24, 2.45) is 11.8 Å². The largest absolute Gasteiger partial charge is 0.329 e. The monoisotopic (exact) mass is 297 g/mol. The summed E-state index contributed by atoms with van der Waals surface area (Å²) < 4.78 is 2.23. The number of aromatic amines is 1. The summed E-state index contributed by atoms with van der Waals surface area (Å²) in [6.45, 7) is 3.39. The van der Waals surface area contributed by atoms with Gasteiger partial charge >= 0.3 is 0 Å². The summed E-state index contributed by atoms with van der Waals surface area (Å²) in [6.07, 6.45) is 9.10. The fourth-order valence-corrected chi connectivity index (χ4v) is 3.28. The molecule has 0 saturated heterocycles. The summed E-state index contributed by atoms with van der Waals surface area (Å²) in [5.74, 6) is 2.14. The minimum absolute atomic E-state index is 0.498. The van der Waals surface area contributed by atoms with Gasteiger partial charge in [-0.15, -0.1) is 10.2 Å². The summed E-state index contributed by atoms with van der Waals surface area (Å²) in [4.78, 5) is 8.95. The van der Waals surface area contributed by atoms with Crippen LogP contribution in [0.2, 0.25) is 0 Å². The first-order valence-electron chi connectivity index (χ1n) is 7.84. The third kappa shape index (κ3) is 2.47. The minimum Gasteiger partial charge on any atom is -0.329 e. The molecule has 22 heavy (non-hydrogen) atoms. The number of hydrogen-bond donors (Lipinski definition) is 1. The molecule has 0 atom stereocenters. The zero-order valence-electron chi connectivity index (χ0n) is 12.6. The SMILES string of the molecule is CC1CCC(Cn2cnc3cc(-c4nn[nH]n4)ncc32)CC1. The van der Waals surface area contributed by atoms with E-state index in [0.717, 1.165) is 29.4 Å². The Balaban J connectivity index is 1.58. The molecule has 0 bridgehead atoms. The van der Waals surface area contributed by atoms with Gasteiger partial charge in [0.2, 0.25) is 5.82 Å². The predicted molar refractivity (Wildman–Crippen MR) is 81.8 cm³/mol. The molecule has 0 aliphatic heterocycles. The zero-order chi connectivity index (χ0) is 14.9. The minimum atomic E-state index is 0.498. The molecule has 0 spiro atoms. The molecule has 3 aromatic heterocycles. The lowest BCUT2D eigenvalue weighted by atomic mass is 9.83. The molecule has 3 heterocycles. The fraction of sp³-hybridized carbons (Fsp3) is 0.533. The first-order valence-corrected chi connectivity index (χ1v) is 7.84. The molecule has 3 aromatic rings. The summed E-state index contributed by atoms with van der Waals surface area (Å²) in [7, 11) is 0. The smallest absolute Gasteiger partial charge is 0.223 e. The molecule has 1 aliphatic carbocycles. The Bertz CT molecular complexity index is 753. The number of aromatic nitrogens is 7. The molecule has 7 nitrogen and oxygen atoms in total. The van der Waals surface area contributed by atoms with Crippen molar-refractivity contribution in [3.63, 3.8) is 0 Å². The van der Waals surface area contributed by atoms with Gasteiger partial charge in [-0.05, 0) is 36.0 Å². The first-order chi connectivity index (χ1) is 10.8. The molecule has 7 heteroatoms. The van der Waals surface area contributed by atoms with Crippen LogP contribution in [0, 0.1) is 11.8 Å². The summed E-state index contributed by atoms with van der Waals surface area (Å²) in [5, 5.41) is 13.9. The van der Waals surface area contributed by atoms with Crippen molar-refractivity contribution in [1.82, 2.24) is 35.2 Å². The molecule has 0 aromatic carbocycles. The zero-order valence-corrected chi connectivity index (χ0v) is 12.6. The Hall–Kier alpha value is -2.31. The molecule has 1 N–H and O–H groups in total. The van der Waals surface area contributed by atoms with Crippen molar-refractivity contribution in [2.45, 2.75) is 39.2 Å². The highest BCUT2D eigenvalue weighted by Gasteiger charge is 2.19. The third-order valence-electron chi connectivity index (χ3n) is 4.67. The maximum absolute atomic E-state index is 4.51. The van der Waals surface area contributed by atoms with Crippen LogP contribution in [0.3, 0.4) is 0 Å². The Morgan fingerprint density at radius 1 is 1.23 bits per heavy atom. The second-order valence-corrected chi connectivity index (χ2v) is 6.32. The van der Waals surface area contributed by atoms with Crippen LogP contribution in [0.5, 0.6) is 0 Å². The van der Waals surface area contributed by atoms with Gasteiger partial charge in [0.1, 0.15) is 5.69 Å². The van der Waals surface area contributed by atoms with E-state index in [4.69, 9.17) is 0 Å². The van der Waals surface area contributed by atoms with Crippen LogP contribution in [0.25, 0.3) is 22.6 Å². The molecular weight excluding hydrogens is 278 g/mol. The number of nitrogens with zero attached hydrogens (tertiary/aromatic N) is 6. The summed E-state index contributed by atoms with van der Waals surface area (Å²) in [5.41, 5.74) is 2.70. The van der Waals surface area contributed by atoms with Crippen molar-refractivity contribution < 1.29 is 0 Å². The number of H-pyrrole nitrogens is 1. The van der Waals surface area contributed by atoms with E-state index in [1.165, 1.54) is 25.7 Å². The molecule has 1 aliphatic rings. The van der Waals surface area contributed by atoms with Gasteiger partial charge in [-0.2, -0.15) is 5.21 Å². The van der Waals surface area contributed by atoms with Crippen LogP contribution in [-0.2, 0) is 6.54 Å². The van der Waals surface area contributed by atoms with Gasteiger partial charge in [0.25, 0.3) is 0 Å². The van der Waals surface area contributed by atoms with Crippen LogP contribution >= 0.6 is 0 Å². The van der Waals surface area contributed by atoms with Gasteiger partial charge in [0.15, 0.2) is 0 Å². The summed E-state index contributed by atoms with van der Waals surface area (Å²) >= 11 is 0. The Morgan fingerprint density at radius 2 is 2.09 bits per heavy atom. The van der Waals surface area contributed by atoms with E-state index >= 15 is 0 Å². The van der Waals surface area contributed by atoms with Gasteiger partial charge in [0, 0.05) is 6.54 Å². The van der Waals surface area contributed by atoms with Crippen molar-refractivity contribution in [2.75, 3.05) is 0 Å². The first kappa shape index (κ1) is 13.4. The Kier molecular flexibility index (Phi) is 3.32. The van der Waals surface area contributed by atoms with Crippen molar-refractivity contribution in [3.05, 3.63) is 18.6 Å². The van der Waals surface area contributed by atoms with Crippen LogP contribution in [0.1, 0.15) is 32.6 Å². The Morgan fingerprint density at radius 3 is 2.86 bits per heavy atom. The van der Waals surface area contributed by atoms with Crippen LogP contribution in [0.15, 0.2) is 18.6 Å². The number of nitrogens with one attached hydrogen (secondary N) is 1. The molecule has 1 fully saturated rings. The van der Waals surface area contributed by atoms with Crippen molar-refractivity contribution >= 4 is 11.0 Å². The van der Waals surface area contributed by atoms with Crippen molar-refractivity contribution in [3.8, 4) is 11.5 Å². The number of tetrazole rings is 1. The lowest BCUT2D eigenvalue weighted by molar-refractivity contribution is 0.266. The van der Waals surface area contributed by atoms with E-state index in [-0.39, 0.29) is 0 Å². The van der Waals surface area contributed by atoms with Crippen LogP contribution in [-0.4, -0.2) is 35.2 Å². The quantitative estimate of drug-likeness (QED) is 0.802. The molecule has 4 rings (SSSR count). The molecule has 1 saturated carbocycles. The second kappa shape index (κ2) is 5.47. The average molecular weight is 297 g/mol. The number of fused-ring (bicyclic) bond motifs is 1. The molecule has 0 radical (unpaired) electrons. The Labute approximate surface area is 128 Å². The topological polar surface area (TPSA) is 85.2 Å². The number of imidazole rings is 1. The van der Waals surface area contributed by atoms with Gasteiger partial charge < -0.3 is 4.57 Å². The lowest BCUT2D eigenvalue weighted by Crippen LogP contribution is -2.17. The van der Waals surface area contributed by atoms with Gasteiger partial charge in [0.05, 0.1) is 23.6 Å². The van der Waals surface area contributed by atoms with Crippen LogP contribution in [0.4, 0.5) is 0 Å². The van der Waals surface area contributed by atoms with E-state index < -0.39 is 0 Å². The highest BCUT2D eigenvalue weighted by atomic mass is 15.5. The second-order valence-electron chi connectivity index (χ2n) is 6.32. The third-order valence-corrected chi connectivity index (χ3v) is 4.67. The summed E-state index contributed by atoms with van der Waals surface area (Å²) in [6, 6.07) is 1.92. The van der Waals surface area contributed by atoms with E-state index in [2.05, 4.69) is 42.1 Å². The maximum Gasteiger partial charge on any atom is 0.223 e. The van der Waals surface area contributed by atoms with E-state index in [1.54, 1.807) is 0 Å². The molecule has 114 valence electrons. The number of rotatable bonds is 3. The highest BCUT2D eigenvalue weighted by molar-refractivity contribution is 5.77. The van der Waals surface area contributed by atoms with Gasteiger partial charge in [-0.1, -0.05) is 19.8 Å². The fourth-order valence-electron chi connectivity index (χ4n) is 3.28. The van der Waals surface area contributed by atoms with Gasteiger partial charge in [-0.25, -0.2) is 4.98 Å². The lowest BCUT2D eigenvalue weighted by Gasteiger charge is -2.26. The standard InChI is InChI=1S/C15H19N7/c1-10-2-4-11(5-3-10)8-22-9-17-12-6-13(16-7-14(12)22)15-18-20-21-19-15/h6-7,9-11H,2-5,8H2,1H3,(H,18,19,20,21). The van der Waals surface area contributed by atoms with Crippen LogP contribution < -0.4 is 0 Å². The van der Waals surface area contributed by atoms with E-state index in [0.29, 0.717) is 11.5 Å². The predicted octanol–water partition coefficient (Wildman–Crippen LogP) is 2.44. The van der Waals surface area contributed by atoms with E-state index in [9.17, 15) is 0 Å². The molecular formula is C15H19N7. The number of hydrogen-bond acceptors (Lipinski definition) is 5. The van der Waals surface area contributed by atoms with Gasteiger partial charge in [-0.3, -0.25) is 4.98 Å². The average Bonchev–Trinajstić information content (AvgIpc) is 3.19. The van der Waals surface area contributed by atoms with E-state index in [1.807, 2.05) is 18.6 Å².